The molecule has 1 saturated heterocycles. The lowest BCUT2D eigenvalue weighted by Gasteiger charge is -2.32. The van der Waals surface area contributed by atoms with Crippen molar-refractivity contribution in [2.24, 2.45) is 5.92 Å². The number of hydrogen-bond donors (Lipinski definition) is 0. The molecule has 3 heterocycles. The fraction of sp³-hybridized carbons (Fsp3) is 0.579. The van der Waals surface area contributed by atoms with Crippen LogP contribution in [-0.4, -0.2) is 39.7 Å². The lowest BCUT2D eigenvalue weighted by molar-refractivity contribution is 0.00578. The van der Waals surface area contributed by atoms with Crippen molar-refractivity contribution >= 4 is 12.6 Å². The summed E-state index contributed by atoms with van der Waals surface area (Å²) in [4.78, 5) is 4.48. The van der Waals surface area contributed by atoms with E-state index in [0.717, 1.165) is 29.4 Å². The van der Waals surface area contributed by atoms with Crippen LogP contribution < -0.4 is 10.2 Å². The topological polar surface area (TPSA) is 58.4 Å². The lowest BCUT2D eigenvalue weighted by Crippen LogP contribution is -2.41. The second-order valence-corrected chi connectivity index (χ2v) is 8.30. The number of nitrogens with zero attached hydrogens (tertiary/aromatic N) is 3. The van der Waals surface area contributed by atoms with Crippen LogP contribution >= 0.6 is 0 Å². The third kappa shape index (κ3) is 3.64. The highest BCUT2D eigenvalue weighted by molar-refractivity contribution is 6.61. The Hall–Kier alpha value is -1.86. The SMILES string of the molecule is CC1(C)OB(c2cnn(Cc3ccc(OCC4CC4)cn3)c2)OC1(C)C. The molecule has 2 fully saturated rings. The highest BCUT2D eigenvalue weighted by Gasteiger charge is 2.52. The molecule has 0 spiro atoms. The van der Waals surface area contributed by atoms with Crippen LogP contribution in [0.4, 0.5) is 0 Å². The van der Waals surface area contributed by atoms with Crippen LogP contribution in [0, 0.1) is 5.92 Å². The van der Waals surface area contributed by atoms with E-state index < -0.39 is 0 Å². The van der Waals surface area contributed by atoms with Gasteiger partial charge in [-0.05, 0) is 58.6 Å². The maximum atomic E-state index is 6.07. The van der Waals surface area contributed by atoms with Gasteiger partial charge in [0.15, 0.2) is 0 Å². The van der Waals surface area contributed by atoms with Gasteiger partial charge in [-0.25, -0.2) is 0 Å². The number of aromatic nitrogens is 3. The normalized spacial score (nSPS) is 21.2. The summed E-state index contributed by atoms with van der Waals surface area (Å²) < 4.78 is 19.7. The van der Waals surface area contributed by atoms with Gasteiger partial charge in [0.05, 0.1) is 36.2 Å². The first-order valence-corrected chi connectivity index (χ1v) is 9.28. The Morgan fingerprint density at radius 1 is 1.15 bits per heavy atom. The Labute approximate surface area is 155 Å². The van der Waals surface area contributed by atoms with E-state index >= 15 is 0 Å². The average molecular weight is 355 g/mol. The molecule has 0 amide bonds. The van der Waals surface area contributed by atoms with Crippen LogP contribution in [0.5, 0.6) is 5.75 Å². The first kappa shape index (κ1) is 17.6. The van der Waals surface area contributed by atoms with Crippen molar-refractivity contribution in [3.8, 4) is 5.75 Å². The van der Waals surface area contributed by atoms with Gasteiger partial charge in [-0.3, -0.25) is 9.67 Å². The van der Waals surface area contributed by atoms with Gasteiger partial charge in [0, 0.05) is 17.9 Å². The van der Waals surface area contributed by atoms with Crippen LogP contribution in [0.15, 0.2) is 30.7 Å². The Morgan fingerprint density at radius 3 is 2.50 bits per heavy atom. The molecule has 0 bridgehead atoms. The molecule has 4 rings (SSSR count). The molecule has 2 aliphatic rings. The molecule has 2 aromatic rings. The number of hydrogen-bond acceptors (Lipinski definition) is 5. The summed E-state index contributed by atoms with van der Waals surface area (Å²) in [6.07, 6.45) is 8.12. The fourth-order valence-electron chi connectivity index (χ4n) is 2.82. The van der Waals surface area contributed by atoms with Crippen molar-refractivity contribution in [2.45, 2.75) is 58.3 Å². The van der Waals surface area contributed by atoms with Crippen LogP contribution in [0.3, 0.4) is 0 Å². The van der Waals surface area contributed by atoms with Gasteiger partial charge < -0.3 is 14.0 Å². The van der Waals surface area contributed by atoms with E-state index in [0.29, 0.717) is 6.54 Å². The van der Waals surface area contributed by atoms with E-state index in [2.05, 4.69) is 10.1 Å². The largest absolute Gasteiger partial charge is 0.498 e. The quantitative estimate of drug-likeness (QED) is 0.745. The minimum atomic E-state index is -0.389. The summed E-state index contributed by atoms with van der Waals surface area (Å²) in [5, 5.41) is 4.43. The highest BCUT2D eigenvalue weighted by Crippen LogP contribution is 2.36. The summed E-state index contributed by atoms with van der Waals surface area (Å²) >= 11 is 0. The van der Waals surface area contributed by atoms with E-state index in [1.54, 1.807) is 12.4 Å². The standard InChI is InChI=1S/C19H26BN3O3/c1-18(2)19(3,4)26-20(25-18)15-9-22-23(11-15)12-16-7-8-17(10-21-16)24-13-14-5-6-14/h7-11,14H,5-6,12-13H2,1-4H3. The molecule has 26 heavy (non-hydrogen) atoms. The molecule has 0 unspecified atom stereocenters. The minimum Gasteiger partial charge on any atom is -0.492 e. The molecule has 0 atom stereocenters. The Morgan fingerprint density at radius 2 is 1.88 bits per heavy atom. The maximum Gasteiger partial charge on any atom is 0.498 e. The summed E-state index contributed by atoms with van der Waals surface area (Å²) in [5.74, 6) is 1.58. The van der Waals surface area contributed by atoms with Gasteiger partial charge in [0.25, 0.3) is 0 Å². The van der Waals surface area contributed by atoms with E-state index in [9.17, 15) is 0 Å². The van der Waals surface area contributed by atoms with E-state index in [4.69, 9.17) is 14.0 Å². The predicted molar refractivity (Wildman–Crippen MR) is 99.5 cm³/mol. The Balaban J connectivity index is 1.37. The zero-order valence-corrected chi connectivity index (χ0v) is 15.9. The van der Waals surface area contributed by atoms with Crippen molar-refractivity contribution in [3.63, 3.8) is 0 Å². The molecular weight excluding hydrogens is 329 g/mol. The number of ether oxygens (including phenoxy) is 1. The van der Waals surface area contributed by atoms with Crippen LogP contribution in [0.2, 0.25) is 0 Å². The fourth-order valence-corrected chi connectivity index (χ4v) is 2.82. The average Bonchev–Trinajstić information content (AvgIpc) is 3.24. The summed E-state index contributed by atoms with van der Waals surface area (Å²) in [6, 6.07) is 3.96. The first-order chi connectivity index (χ1) is 12.3. The molecule has 7 heteroatoms. The van der Waals surface area contributed by atoms with Gasteiger partial charge >= 0.3 is 7.12 Å². The molecule has 0 radical (unpaired) electrons. The van der Waals surface area contributed by atoms with E-state index in [-0.39, 0.29) is 18.3 Å². The van der Waals surface area contributed by atoms with Crippen molar-refractivity contribution < 1.29 is 14.0 Å². The third-order valence-corrected chi connectivity index (χ3v) is 5.48. The van der Waals surface area contributed by atoms with Gasteiger partial charge in [-0.1, -0.05) is 0 Å². The molecule has 0 aromatic carbocycles. The monoisotopic (exact) mass is 355 g/mol. The summed E-state index contributed by atoms with van der Waals surface area (Å²) in [5.41, 5.74) is 1.16. The Kier molecular flexibility index (Phi) is 4.31. The molecule has 0 N–H and O–H groups in total. The Bertz CT molecular complexity index is 753. The maximum absolute atomic E-state index is 6.07. The number of pyridine rings is 1. The third-order valence-electron chi connectivity index (χ3n) is 5.48. The molecule has 1 saturated carbocycles. The zero-order valence-electron chi connectivity index (χ0n) is 15.9. The van der Waals surface area contributed by atoms with Crippen molar-refractivity contribution in [2.75, 3.05) is 6.61 Å². The van der Waals surface area contributed by atoms with Gasteiger partial charge in [-0.2, -0.15) is 5.10 Å². The molecular formula is C19H26BN3O3. The van der Waals surface area contributed by atoms with Gasteiger partial charge in [-0.15, -0.1) is 0 Å². The second kappa shape index (κ2) is 6.39. The van der Waals surface area contributed by atoms with E-state index in [1.807, 2.05) is 50.7 Å². The predicted octanol–water partition coefficient (Wildman–Crippen LogP) is 2.41. The molecule has 1 aliphatic carbocycles. The van der Waals surface area contributed by atoms with Crippen molar-refractivity contribution in [1.82, 2.24) is 14.8 Å². The molecule has 1 aliphatic heterocycles. The van der Waals surface area contributed by atoms with Crippen molar-refractivity contribution in [1.29, 1.82) is 0 Å². The lowest BCUT2D eigenvalue weighted by atomic mass is 9.82. The molecule has 2 aromatic heterocycles. The first-order valence-electron chi connectivity index (χ1n) is 9.28. The summed E-state index contributed by atoms with van der Waals surface area (Å²) in [6.45, 7) is 9.60. The molecule has 6 nitrogen and oxygen atoms in total. The highest BCUT2D eigenvalue weighted by atomic mass is 16.7. The van der Waals surface area contributed by atoms with Gasteiger partial charge in [0.1, 0.15) is 5.75 Å². The molecule has 138 valence electrons. The van der Waals surface area contributed by atoms with E-state index in [1.165, 1.54) is 12.8 Å². The zero-order chi connectivity index (χ0) is 18.4. The van der Waals surface area contributed by atoms with Crippen LogP contribution in [0.25, 0.3) is 0 Å². The van der Waals surface area contributed by atoms with Crippen LogP contribution in [0.1, 0.15) is 46.2 Å². The minimum absolute atomic E-state index is 0.350. The van der Waals surface area contributed by atoms with Gasteiger partial charge in [0.2, 0.25) is 0 Å². The van der Waals surface area contributed by atoms with Crippen LogP contribution in [-0.2, 0) is 15.9 Å². The summed E-state index contributed by atoms with van der Waals surface area (Å²) in [7, 11) is -0.389. The second-order valence-electron chi connectivity index (χ2n) is 8.30. The number of rotatable bonds is 6. The van der Waals surface area contributed by atoms with Crippen molar-refractivity contribution in [3.05, 3.63) is 36.4 Å². The smallest absolute Gasteiger partial charge is 0.492 e.